The summed E-state index contributed by atoms with van der Waals surface area (Å²) >= 11 is 0. The molecule has 0 aromatic heterocycles. The fourth-order valence-corrected chi connectivity index (χ4v) is 1.91. The quantitative estimate of drug-likeness (QED) is 0.391. The maximum Gasteiger partial charge on any atom is 0.159 e. The molecule has 0 saturated heterocycles. The van der Waals surface area contributed by atoms with Crippen molar-refractivity contribution in [3.8, 4) is 0 Å². The van der Waals surface area contributed by atoms with Crippen LogP contribution < -0.4 is 6.15 Å². The third-order valence-electron chi connectivity index (χ3n) is 2.95. The third kappa shape index (κ3) is 18.3. The Bertz CT molecular complexity index is 155. The minimum atomic E-state index is -0.959. The van der Waals surface area contributed by atoms with Crippen molar-refractivity contribution in [3.05, 3.63) is 0 Å². The molecule has 112 valence electrons. The maximum absolute atomic E-state index is 9.34. The second-order valence-electron chi connectivity index (χ2n) is 5.48. The van der Waals surface area contributed by atoms with Crippen molar-refractivity contribution in [1.29, 1.82) is 0 Å². The molecule has 4 N–H and O–H groups in total. The largest absolute Gasteiger partial charge is 0.366 e. The molecule has 0 aliphatic heterocycles. The first-order valence-electron chi connectivity index (χ1n) is 7.42. The van der Waals surface area contributed by atoms with Gasteiger partial charge in [0.15, 0.2) is 5.79 Å². The van der Waals surface area contributed by atoms with Crippen LogP contribution in [0.5, 0.6) is 0 Å². The number of aliphatic hydroxyl groups is 1. The number of hydrogen-bond donors (Lipinski definition) is 2. The van der Waals surface area contributed by atoms with Crippen molar-refractivity contribution >= 4 is 0 Å². The van der Waals surface area contributed by atoms with Gasteiger partial charge in [-0.1, -0.05) is 64.7 Å². The first-order chi connectivity index (χ1) is 8.06. The van der Waals surface area contributed by atoms with Gasteiger partial charge in [-0.05, 0) is 20.3 Å². The highest BCUT2D eigenvalue weighted by molar-refractivity contribution is 4.50. The first kappa shape index (κ1) is 20.2. The second-order valence-corrected chi connectivity index (χ2v) is 5.48. The van der Waals surface area contributed by atoms with Crippen LogP contribution in [0.25, 0.3) is 0 Å². The van der Waals surface area contributed by atoms with E-state index in [-0.39, 0.29) is 6.15 Å². The molecule has 0 unspecified atom stereocenters. The monoisotopic (exact) mass is 261 g/mol. The van der Waals surface area contributed by atoms with E-state index in [1.165, 1.54) is 57.8 Å². The van der Waals surface area contributed by atoms with Gasteiger partial charge in [0.25, 0.3) is 0 Å². The number of unbranched alkanes of at least 4 members (excludes halogenated alkanes) is 9. The van der Waals surface area contributed by atoms with Crippen LogP contribution in [0.3, 0.4) is 0 Å². The van der Waals surface area contributed by atoms with E-state index >= 15 is 0 Å². The molecule has 0 aliphatic rings. The highest BCUT2D eigenvalue weighted by Gasteiger charge is 2.10. The standard InChI is InChI=1S/C15H32O2.H3N/c1-4-5-6-7-8-9-10-11-12-13-14-17-15(2,3)16;/h16H,4-14H2,1-3H3;1H3. The second kappa shape index (κ2) is 13.3. The highest BCUT2D eigenvalue weighted by atomic mass is 16.6. The summed E-state index contributed by atoms with van der Waals surface area (Å²) in [5, 5.41) is 9.34. The van der Waals surface area contributed by atoms with Crippen molar-refractivity contribution in [2.45, 2.75) is 90.8 Å². The van der Waals surface area contributed by atoms with Gasteiger partial charge in [-0.15, -0.1) is 0 Å². The van der Waals surface area contributed by atoms with Gasteiger partial charge in [-0.3, -0.25) is 0 Å². The lowest BCUT2D eigenvalue weighted by Gasteiger charge is -2.17. The van der Waals surface area contributed by atoms with Gasteiger partial charge in [0.1, 0.15) is 0 Å². The lowest BCUT2D eigenvalue weighted by Crippen LogP contribution is -2.23. The fraction of sp³-hybridized carbons (Fsp3) is 1.00. The Hall–Kier alpha value is -0.120. The van der Waals surface area contributed by atoms with E-state index < -0.39 is 5.79 Å². The number of hydrogen-bond acceptors (Lipinski definition) is 3. The lowest BCUT2D eigenvalue weighted by atomic mass is 10.1. The summed E-state index contributed by atoms with van der Waals surface area (Å²) in [6, 6.07) is 0. The van der Waals surface area contributed by atoms with Crippen LogP contribution >= 0.6 is 0 Å². The summed E-state index contributed by atoms with van der Waals surface area (Å²) in [4.78, 5) is 0. The van der Waals surface area contributed by atoms with Crippen LogP contribution in [-0.2, 0) is 4.74 Å². The van der Waals surface area contributed by atoms with Crippen molar-refractivity contribution < 1.29 is 9.84 Å². The first-order valence-corrected chi connectivity index (χ1v) is 7.42. The van der Waals surface area contributed by atoms with E-state index in [1.807, 2.05) is 0 Å². The molecule has 0 atom stereocenters. The molecule has 3 heteroatoms. The van der Waals surface area contributed by atoms with Gasteiger partial charge in [-0.2, -0.15) is 0 Å². The topological polar surface area (TPSA) is 64.5 Å². The smallest absolute Gasteiger partial charge is 0.159 e. The molecule has 0 spiro atoms. The van der Waals surface area contributed by atoms with Crippen LogP contribution in [0.15, 0.2) is 0 Å². The Balaban J connectivity index is 0. The van der Waals surface area contributed by atoms with Gasteiger partial charge in [0.05, 0.1) is 0 Å². The molecule has 0 rings (SSSR count). The van der Waals surface area contributed by atoms with Crippen molar-refractivity contribution in [2.24, 2.45) is 0 Å². The van der Waals surface area contributed by atoms with Crippen molar-refractivity contribution in [2.75, 3.05) is 6.61 Å². The van der Waals surface area contributed by atoms with E-state index in [2.05, 4.69) is 6.92 Å². The zero-order chi connectivity index (χ0) is 13.0. The Labute approximate surface area is 114 Å². The molecular weight excluding hydrogens is 226 g/mol. The van der Waals surface area contributed by atoms with Crippen LogP contribution in [0.1, 0.15) is 85.0 Å². The van der Waals surface area contributed by atoms with Gasteiger partial charge in [-0.25, -0.2) is 0 Å². The predicted molar refractivity (Wildman–Crippen MR) is 79.1 cm³/mol. The van der Waals surface area contributed by atoms with Crippen LogP contribution in [0.4, 0.5) is 0 Å². The van der Waals surface area contributed by atoms with Gasteiger partial charge >= 0.3 is 0 Å². The Morgan fingerprint density at radius 3 is 1.56 bits per heavy atom. The minimum absolute atomic E-state index is 0. The Morgan fingerprint density at radius 1 is 0.778 bits per heavy atom. The third-order valence-corrected chi connectivity index (χ3v) is 2.95. The normalized spacial score (nSPS) is 11.3. The van der Waals surface area contributed by atoms with E-state index in [0.717, 1.165) is 6.42 Å². The van der Waals surface area contributed by atoms with Crippen LogP contribution in [0, 0.1) is 0 Å². The Morgan fingerprint density at radius 2 is 1.17 bits per heavy atom. The lowest BCUT2D eigenvalue weighted by molar-refractivity contribution is -0.176. The molecule has 0 aliphatic carbocycles. The van der Waals surface area contributed by atoms with Crippen molar-refractivity contribution in [3.63, 3.8) is 0 Å². The van der Waals surface area contributed by atoms with Gasteiger partial charge in [0.2, 0.25) is 0 Å². The summed E-state index contributed by atoms with van der Waals surface area (Å²) in [5.41, 5.74) is 0. The van der Waals surface area contributed by atoms with Gasteiger partial charge < -0.3 is 16.0 Å². The van der Waals surface area contributed by atoms with Gasteiger partial charge in [0, 0.05) is 6.61 Å². The van der Waals surface area contributed by atoms with E-state index in [1.54, 1.807) is 13.8 Å². The molecule has 18 heavy (non-hydrogen) atoms. The summed E-state index contributed by atoms with van der Waals surface area (Å²) in [6.45, 7) is 6.31. The molecule has 0 bridgehead atoms. The van der Waals surface area contributed by atoms with Crippen LogP contribution in [0.2, 0.25) is 0 Å². The average molecular weight is 261 g/mol. The summed E-state index contributed by atoms with van der Waals surface area (Å²) in [7, 11) is 0. The molecule has 0 aromatic rings. The van der Waals surface area contributed by atoms with E-state index in [0.29, 0.717) is 6.61 Å². The number of ether oxygens (including phenoxy) is 1. The van der Waals surface area contributed by atoms with E-state index in [9.17, 15) is 5.11 Å². The summed E-state index contributed by atoms with van der Waals surface area (Å²) < 4.78 is 5.26. The average Bonchev–Trinajstić information content (AvgIpc) is 2.24. The maximum atomic E-state index is 9.34. The summed E-state index contributed by atoms with van der Waals surface area (Å²) in [6.07, 6.45) is 13.3. The molecule has 3 nitrogen and oxygen atoms in total. The van der Waals surface area contributed by atoms with Crippen LogP contribution in [-0.4, -0.2) is 17.5 Å². The molecule has 0 radical (unpaired) electrons. The van der Waals surface area contributed by atoms with E-state index in [4.69, 9.17) is 4.74 Å². The fourth-order valence-electron chi connectivity index (χ4n) is 1.91. The number of rotatable bonds is 12. The SMILES string of the molecule is CCCCCCCCCCCCOC(C)(C)O.N. The summed E-state index contributed by atoms with van der Waals surface area (Å²) in [5.74, 6) is -0.959. The molecular formula is C15H35NO2. The zero-order valence-corrected chi connectivity index (χ0v) is 12.8. The predicted octanol–water partition coefficient (Wildman–Crippen LogP) is 4.81. The molecule has 0 saturated carbocycles. The molecule has 0 heterocycles. The minimum Gasteiger partial charge on any atom is -0.366 e. The highest BCUT2D eigenvalue weighted by Crippen LogP contribution is 2.11. The molecule has 0 aromatic carbocycles. The Kier molecular flexibility index (Phi) is 14.9. The molecule has 0 amide bonds. The van der Waals surface area contributed by atoms with Crippen molar-refractivity contribution in [1.82, 2.24) is 6.15 Å². The zero-order valence-electron chi connectivity index (χ0n) is 12.8. The molecule has 0 fully saturated rings.